The Morgan fingerprint density at radius 1 is 0.967 bits per heavy atom. The Hall–Kier alpha value is -3.33. The highest BCUT2D eigenvalue weighted by atomic mass is 32.1. The number of nitrogens with one attached hydrogen (secondary N) is 2. The van der Waals surface area contributed by atoms with Crippen LogP contribution in [-0.2, 0) is 16.0 Å². The summed E-state index contributed by atoms with van der Waals surface area (Å²) in [6.07, 6.45) is -1.08. The lowest BCUT2D eigenvalue weighted by atomic mass is 10.2. The number of carbonyl (C=O) groups excluding carboxylic acids is 2. The summed E-state index contributed by atoms with van der Waals surface area (Å²) in [6.45, 7) is 2.37. The minimum atomic E-state index is -0.404. The molecule has 0 aromatic heterocycles. The lowest BCUT2D eigenvalue weighted by molar-refractivity contribution is 0.142. The van der Waals surface area contributed by atoms with Gasteiger partial charge in [0, 0.05) is 17.9 Å². The Labute approximate surface area is 179 Å². The van der Waals surface area contributed by atoms with Crippen molar-refractivity contribution in [2.45, 2.75) is 12.6 Å². The third-order valence-electron chi connectivity index (χ3n) is 4.89. The van der Waals surface area contributed by atoms with Crippen LogP contribution in [0.3, 0.4) is 0 Å². The number of amides is 2. The molecule has 0 spiro atoms. The van der Waals surface area contributed by atoms with Crippen molar-refractivity contribution in [2.24, 2.45) is 0 Å². The molecule has 2 aliphatic rings. The Kier molecular flexibility index (Phi) is 5.99. The van der Waals surface area contributed by atoms with Crippen molar-refractivity contribution >= 4 is 40.9 Å². The number of anilines is 2. The van der Waals surface area contributed by atoms with E-state index >= 15 is 0 Å². The van der Waals surface area contributed by atoms with Gasteiger partial charge in [0.25, 0.3) is 0 Å². The first-order valence-electron chi connectivity index (χ1n) is 9.68. The maximum atomic E-state index is 12.3. The van der Waals surface area contributed by atoms with Gasteiger partial charge in [0.05, 0.1) is 19.6 Å². The van der Waals surface area contributed by atoms with Crippen molar-refractivity contribution in [1.29, 1.82) is 0 Å². The summed E-state index contributed by atoms with van der Waals surface area (Å²) in [5.74, 6) is 0. The van der Waals surface area contributed by atoms with E-state index in [4.69, 9.17) is 21.7 Å². The van der Waals surface area contributed by atoms with Gasteiger partial charge in [0.2, 0.25) is 0 Å². The van der Waals surface area contributed by atoms with Crippen LogP contribution in [0.5, 0.6) is 0 Å². The molecule has 2 amide bonds. The zero-order valence-electron chi connectivity index (χ0n) is 16.2. The van der Waals surface area contributed by atoms with Crippen LogP contribution in [0.15, 0.2) is 54.6 Å². The van der Waals surface area contributed by atoms with Crippen molar-refractivity contribution in [2.75, 3.05) is 36.0 Å². The predicted molar refractivity (Wildman–Crippen MR) is 117 cm³/mol. The maximum absolute atomic E-state index is 12.3. The van der Waals surface area contributed by atoms with Crippen molar-refractivity contribution < 1.29 is 19.1 Å². The molecule has 2 aliphatic heterocycles. The molecule has 30 heavy (non-hydrogen) atoms. The van der Waals surface area contributed by atoms with E-state index in [-0.39, 0.29) is 12.2 Å². The van der Waals surface area contributed by atoms with E-state index in [1.54, 1.807) is 34.1 Å². The topological polar surface area (TPSA) is 83.1 Å². The Bertz CT molecular complexity index is 922. The molecule has 2 aromatic rings. The molecule has 2 fully saturated rings. The first-order chi connectivity index (χ1) is 14.6. The quantitative estimate of drug-likeness (QED) is 0.687. The second-order valence-electron chi connectivity index (χ2n) is 6.95. The van der Waals surface area contributed by atoms with E-state index < -0.39 is 6.09 Å². The normalized spacial score (nSPS) is 18.2. The molecule has 0 bridgehead atoms. The Morgan fingerprint density at radius 3 is 2.33 bits per heavy atom. The highest BCUT2D eigenvalue weighted by molar-refractivity contribution is 7.80. The number of hydrogen-bond donors (Lipinski definition) is 2. The van der Waals surface area contributed by atoms with Gasteiger partial charge in [-0.05, 0) is 42.0 Å². The third kappa shape index (κ3) is 4.62. The second kappa shape index (κ2) is 9.00. The minimum Gasteiger partial charge on any atom is -0.447 e. The molecule has 8 nitrogen and oxygen atoms in total. The van der Waals surface area contributed by atoms with Crippen LogP contribution in [0.4, 0.5) is 21.0 Å². The van der Waals surface area contributed by atoms with E-state index in [9.17, 15) is 9.59 Å². The summed E-state index contributed by atoms with van der Waals surface area (Å²) in [5, 5.41) is 6.74. The van der Waals surface area contributed by atoms with Gasteiger partial charge in [-0.2, -0.15) is 0 Å². The van der Waals surface area contributed by atoms with Crippen LogP contribution in [0.2, 0.25) is 0 Å². The van der Waals surface area contributed by atoms with E-state index in [0.717, 1.165) is 11.3 Å². The molecule has 2 aromatic carbocycles. The predicted octanol–water partition coefficient (Wildman–Crippen LogP) is 2.63. The molecular formula is C21H22N4O4S. The van der Waals surface area contributed by atoms with Crippen LogP contribution in [-0.4, -0.2) is 49.6 Å². The third-order valence-corrected chi connectivity index (χ3v) is 5.18. The standard InChI is InChI=1S/C21H22N4O4S/c26-20-24(10-11-28-20)16-6-8-17(9-7-16)25-14-18(29-21(25)27)13-23-19(30)22-12-15-4-2-1-3-5-15/h1-9,18H,10-14H2,(H2,22,23,30)/t18-/m0/s1. The number of cyclic esters (lactones) is 2. The van der Waals surface area contributed by atoms with Crippen molar-refractivity contribution in [3.05, 3.63) is 60.2 Å². The van der Waals surface area contributed by atoms with Gasteiger partial charge in [-0.25, -0.2) is 9.59 Å². The van der Waals surface area contributed by atoms with Gasteiger partial charge in [0.15, 0.2) is 5.11 Å². The van der Waals surface area contributed by atoms with Crippen molar-refractivity contribution in [3.8, 4) is 0 Å². The monoisotopic (exact) mass is 426 g/mol. The van der Waals surface area contributed by atoms with E-state index in [1.165, 1.54) is 0 Å². The molecule has 0 radical (unpaired) electrons. The summed E-state index contributed by atoms with van der Waals surface area (Å²) in [5.41, 5.74) is 2.58. The fourth-order valence-electron chi connectivity index (χ4n) is 3.33. The molecule has 2 saturated heterocycles. The summed E-state index contributed by atoms with van der Waals surface area (Å²) >= 11 is 5.30. The van der Waals surface area contributed by atoms with Gasteiger partial charge >= 0.3 is 12.2 Å². The number of thiocarbonyl (C=S) groups is 1. The number of carbonyl (C=O) groups is 2. The van der Waals surface area contributed by atoms with Gasteiger partial charge in [0.1, 0.15) is 12.7 Å². The zero-order chi connectivity index (χ0) is 20.9. The number of rotatable bonds is 6. The number of nitrogens with zero attached hydrogens (tertiary/aromatic N) is 2. The highest BCUT2D eigenvalue weighted by Gasteiger charge is 2.32. The summed E-state index contributed by atoms with van der Waals surface area (Å²) in [7, 11) is 0. The molecule has 156 valence electrons. The molecule has 0 saturated carbocycles. The van der Waals surface area contributed by atoms with Gasteiger partial charge in [-0.15, -0.1) is 0 Å². The largest absolute Gasteiger partial charge is 0.447 e. The van der Waals surface area contributed by atoms with Crippen LogP contribution in [0.25, 0.3) is 0 Å². The van der Waals surface area contributed by atoms with Crippen molar-refractivity contribution in [3.63, 3.8) is 0 Å². The van der Waals surface area contributed by atoms with Gasteiger partial charge < -0.3 is 20.1 Å². The van der Waals surface area contributed by atoms with Gasteiger partial charge in [-0.3, -0.25) is 9.80 Å². The van der Waals surface area contributed by atoms with E-state index in [0.29, 0.717) is 43.6 Å². The van der Waals surface area contributed by atoms with Crippen LogP contribution >= 0.6 is 12.2 Å². The van der Waals surface area contributed by atoms with Gasteiger partial charge in [-0.1, -0.05) is 30.3 Å². The number of benzene rings is 2. The van der Waals surface area contributed by atoms with Crippen molar-refractivity contribution in [1.82, 2.24) is 10.6 Å². The summed E-state index contributed by atoms with van der Waals surface area (Å²) < 4.78 is 10.4. The fraction of sp³-hybridized carbons (Fsp3) is 0.286. The Balaban J connectivity index is 1.26. The van der Waals surface area contributed by atoms with E-state index in [1.807, 2.05) is 30.3 Å². The molecule has 0 aliphatic carbocycles. The summed E-state index contributed by atoms with van der Waals surface area (Å²) in [6, 6.07) is 17.1. The summed E-state index contributed by atoms with van der Waals surface area (Å²) in [4.78, 5) is 27.1. The number of hydrogen-bond acceptors (Lipinski definition) is 5. The van der Waals surface area contributed by atoms with Crippen LogP contribution in [0.1, 0.15) is 5.56 Å². The first-order valence-corrected chi connectivity index (χ1v) is 10.1. The smallest absolute Gasteiger partial charge is 0.414 e. The molecule has 4 rings (SSSR count). The lowest BCUT2D eigenvalue weighted by Crippen LogP contribution is -2.40. The average Bonchev–Trinajstić information content (AvgIpc) is 3.37. The molecule has 2 N–H and O–H groups in total. The lowest BCUT2D eigenvalue weighted by Gasteiger charge is -2.16. The minimum absolute atomic E-state index is 0.317. The molecule has 2 heterocycles. The number of ether oxygens (including phenoxy) is 2. The molecule has 0 unspecified atom stereocenters. The molecule has 1 atom stereocenters. The van der Waals surface area contributed by atoms with Crippen LogP contribution < -0.4 is 20.4 Å². The fourth-order valence-corrected chi connectivity index (χ4v) is 3.48. The average molecular weight is 426 g/mol. The zero-order valence-corrected chi connectivity index (χ0v) is 17.1. The second-order valence-corrected chi connectivity index (χ2v) is 7.36. The highest BCUT2D eigenvalue weighted by Crippen LogP contribution is 2.26. The molecule has 9 heteroatoms. The first kappa shape index (κ1) is 20.0. The molecular weight excluding hydrogens is 404 g/mol. The Morgan fingerprint density at radius 2 is 1.67 bits per heavy atom. The van der Waals surface area contributed by atoms with E-state index in [2.05, 4.69) is 10.6 Å². The SMILES string of the molecule is O=C1OCCN1c1ccc(N2C[C@H](CNC(=S)NCc3ccccc3)OC2=O)cc1. The maximum Gasteiger partial charge on any atom is 0.414 e. The van der Waals surface area contributed by atoms with Crippen LogP contribution in [0, 0.1) is 0 Å².